The maximum atomic E-state index is 13.0. The largest absolute Gasteiger partial charge is 0.316 e. The van der Waals surface area contributed by atoms with Crippen molar-refractivity contribution in [2.75, 3.05) is 13.1 Å². The molecule has 0 saturated heterocycles. The standard InChI is InChI=1S/C17H18FN.ClH/c1-12-11-19-9-8-14-2-3-15(10-17(12)14)13-4-6-16(18)7-5-13;/h2-7,10,12,19H,8-9,11H2,1H3;1H/t12-;/m1./s1. The summed E-state index contributed by atoms with van der Waals surface area (Å²) in [6.45, 7) is 4.33. The number of hydrogen-bond donors (Lipinski definition) is 1. The molecule has 0 fully saturated rings. The molecule has 0 radical (unpaired) electrons. The van der Waals surface area contributed by atoms with Gasteiger partial charge in [-0.15, -0.1) is 12.4 Å². The maximum absolute atomic E-state index is 13.0. The second kappa shape index (κ2) is 6.38. The van der Waals surface area contributed by atoms with E-state index in [-0.39, 0.29) is 18.2 Å². The lowest BCUT2D eigenvalue weighted by Gasteiger charge is -2.14. The molecular weight excluding hydrogens is 273 g/mol. The summed E-state index contributed by atoms with van der Waals surface area (Å²) in [5, 5.41) is 3.46. The van der Waals surface area contributed by atoms with Crippen LogP contribution < -0.4 is 5.32 Å². The SMILES string of the molecule is C[C@@H]1CNCCc2ccc(-c3ccc(F)cc3)cc21.Cl. The van der Waals surface area contributed by atoms with Crippen molar-refractivity contribution in [2.24, 2.45) is 0 Å². The first-order valence-electron chi connectivity index (χ1n) is 6.83. The Kier molecular flexibility index (Phi) is 4.79. The molecule has 0 aliphatic carbocycles. The van der Waals surface area contributed by atoms with Crippen LogP contribution in [0.4, 0.5) is 4.39 Å². The maximum Gasteiger partial charge on any atom is 0.123 e. The van der Waals surface area contributed by atoms with Gasteiger partial charge in [-0.1, -0.05) is 37.3 Å². The number of rotatable bonds is 1. The van der Waals surface area contributed by atoms with Crippen LogP contribution in [0.1, 0.15) is 24.0 Å². The van der Waals surface area contributed by atoms with Gasteiger partial charge in [0, 0.05) is 6.54 Å². The molecular formula is C17H19ClFN. The van der Waals surface area contributed by atoms with E-state index in [1.54, 1.807) is 0 Å². The van der Waals surface area contributed by atoms with E-state index in [0.29, 0.717) is 5.92 Å². The van der Waals surface area contributed by atoms with Gasteiger partial charge in [-0.05, 0) is 53.3 Å². The summed E-state index contributed by atoms with van der Waals surface area (Å²) in [5.41, 5.74) is 5.11. The number of benzene rings is 2. The van der Waals surface area contributed by atoms with Gasteiger partial charge in [-0.3, -0.25) is 0 Å². The average molecular weight is 292 g/mol. The zero-order chi connectivity index (χ0) is 13.2. The van der Waals surface area contributed by atoms with Gasteiger partial charge in [-0.2, -0.15) is 0 Å². The Bertz CT molecular complexity index is 580. The lowest BCUT2D eigenvalue weighted by atomic mass is 9.91. The first-order valence-corrected chi connectivity index (χ1v) is 6.83. The smallest absolute Gasteiger partial charge is 0.123 e. The Labute approximate surface area is 125 Å². The van der Waals surface area contributed by atoms with Gasteiger partial charge in [0.2, 0.25) is 0 Å². The van der Waals surface area contributed by atoms with Gasteiger partial charge in [0.25, 0.3) is 0 Å². The third-order valence-electron chi connectivity index (χ3n) is 3.88. The molecule has 0 amide bonds. The summed E-state index contributed by atoms with van der Waals surface area (Å²) in [6.07, 6.45) is 1.09. The second-order valence-electron chi connectivity index (χ2n) is 5.28. The zero-order valence-corrected chi connectivity index (χ0v) is 12.3. The van der Waals surface area contributed by atoms with Gasteiger partial charge >= 0.3 is 0 Å². The van der Waals surface area contributed by atoms with Crippen LogP contribution in [-0.4, -0.2) is 13.1 Å². The minimum Gasteiger partial charge on any atom is -0.316 e. The number of fused-ring (bicyclic) bond motifs is 1. The summed E-state index contributed by atoms with van der Waals surface area (Å²) < 4.78 is 13.0. The van der Waals surface area contributed by atoms with E-state index in [4.69, 9.17) is 0 Å². The van der Waals surface area contributed by atoms with Crippen molar-refractivity contribution in [3.63, 3.8) is 0 Å². The Morgan fingerprint density at radius 3 is 2.50 bits per heavy atom. The predicted molar refractivity (Wildman–Crippen MR) is 84.1 cm³/mol. The fourth-order valence-electron chi connectivity index (χ4n) is 2.75. The molecule has 106 valence electrons. The summed E-state index contributed by atoms with van der Waals surface area (Å²) in [6, 6.07) is 13.4. The molecule has 1 aliphatic heterocycles. The fourth-order valence-corrected chi connectivity index (χ4v) is 2.75. The Hall–Kier alpha value is -1.38. The van der Waals surface area contributed by atoms with Crippen molar-refractivity contribution < 1.29 is 4.39 Å². The van der Waals surface area contributed by atoms with Crippen LogP contribution in [0, 0.1) is 5.82 Å². The normalized spacial score (nSPS) is 17.8. The highest BCUT2D eigenvalue weighted by Crippen LogP contribution is 2.28. The van der Waals surface area contributed by atoms with Crippen LogP contribution in [-0.2, 0) is 6.42 Å². The van der Waals surface area contributed by atoms with E-state index in [2.05, 4.69) is 30.4 Å². The lowest BCUT2D eigenvalue weighted by Crippen LogP contribution is -2.18. The van der Waals surface area contributed by atoms with Crippen molar-refractivity contribution in [3.05, 3.63) is 59.4 Å². The van der Waals surface area contributed by atoms with Gasteiger partial charge in [0.15, 0.2) is 0 Å². The van der Waals surface area contributed by atoms with Crippen LogP contribution in [0.5, 0.6) is 0 Å². The van der Waals surface area contributed by atoms with E-state index in [1.165, 1.54) is 28.8 Å². The summed E-state index contributed by atoms with van der Waals surface area (Å²) in [7, 11) is 0. The highest BCUT2D eigenvalue weighted by atomic mass is 35.5. The molecule has 1 atom stereocenters. The molecule has 1 aliphatic rings. The molecule has 20 heavy (non-hydrogen) atoms. The number of halogens is 2. The highest BCUT2D eigenvalue weighted by Gasteiger charge is 2.15. The van der Waals surface area contributed by atoms with E-state index in [0.717, 1.165) is 25.1 Å². The first kappa shape index (κ1) is 15.0. The highest BCUT2D eigenvalue weighted by molar-refractivity contribution is 5.85. The molecule has 3 heteroatoms. The molecule has 0 unspecified atom stereocenters. The van der Waals surface area contributed by atoms with E-state index < -0.39 is 0 Å². The zero-order valence-electron chi connectivity index (χ0n) is 11.5. The van der Waals surface area contributed by atoms with Crippen LogP contribution in [0.3, 0.4) is 0 Å². The summed E-state index contributed by atoms with van der Waals surface area (Å²) in [5.74, 6) is 0.342. The molecule has 2 aromatic carbocycles. The molecule has 1 N–H and O–H groups in total. The first-order chi connectivity index (χ1) is 9.24. The topological polar surface area (TPSA) is 12.0 Å². The molecule has 3 rings (SSSR count). The van der Waals surface area contributed by atoms with E-state index in [9.17, 15) is 4.39 Å². The van der Waals surface area contributed by atoms with Crippen molar-refractivity contribution in [1.29, 1.82) is 0 Å². The Balaban J connectivity index is 0.00000147. The van der Waals surface area contributed by atoms with E-state index >= 15 is 0 Å². The second-order valence-corrected chi connectivity index (χ2v) is 5.28. The van der Waals surface area contributed by atoms with Crippen molar-refractivity contribution >= 4 is 12.4 Å². The molecule has 1 heterocycles. The monoisotopic (exact) mass is 291 g/mol. The van der Waals surface area contributed by atoms with Crippen LogP contribution in [0.25, 0.3) is 11.1 Å². The predicted octanol–water partition coefficient (Wildman–Crippen LogP) is 4.16. The van der Waals surface area contributed by atoms with Crippen LogP contribution in [0.2, 0.25) is 0 Å². The fraction of sp³-hybridized carbons (Fsp3) is 0.294. The van der Waals surface area contributed by atoms with Gasteiger partial charge < -0.3 is 5.32 Å². The Morgan fingerprint density at radius 2 is 1.75 bits per heavy atom. The molecule has 2 aromatic rings. The summed E-state index contributed by atoms with van der Waals surface area (Å²) in [4.78, 5) is 0. The van der Waals surface area contributed by atoms with Gasteiger partial charge in [-0.25, -0.2) is 4.39 Å². The van der Waals surface area contributed by atoms with Crippen molar-refractivity contribution in [3.8, 4) is 11.1 Å². The third kappa shape index (κ3) is 3.02. The summed E-state index contributed by atoms with van der Waals surface area (Å²) >= 11 is 0. The Morgan fingerprint density at radius 1 is 1.05 bits per heavy atom. The number of hydrogen-bond acceptors (Lipinski definition) is 1. The quantitative estimate of drug-likeness (QED) is 0.832. The molecule has 0 aromatic heterocycles. The minimum absolute atomic E-state index is 0. The van der Waals surface area contributed by atoms with Crippen LogP contribution in [0.15, 0.2) is 42.5 Å². The lowest BCUT2D eigenvalue weighted by molar-refractivity contribution is 0.628. The van der Waals surface area contributed by atoms with Crippen molar-refractivity contribution in [2.45, 2.75) is 19.3 Å². The minimum atomic E-state index is -0.184. The van der Waals surface area contributed by atoms with Crippen molar-refractivity contribution in [1.82, 2.24) is 5.32 Å². The number of nitrogens with one attached hydrogen (secondary N) is 1. The van der Waals surface area contributed by atoms with Crippen LogP contribution >= 0.6 is 12.4 Å². The molecule has 0 bridgehead atoms. The van der Waals surface area contributed by atoms with E-state index in [1.807, 2.05) is 12.1 Å². The van der Waals surface area contributed by atoms with Gasteiger partial charge in [0.1, 0.15) is 5.82 Å². The molecule has 0 spiro atoms. The average Bonchev–Trinajstić information content (AvgIpc) is 2.62. The molecule has 0 saturated carbocycles. The third-order valence-corrected chi connectivity index (χ3v) is 3.88. The molecule has 1 nitrogen and oxygen atoms in total. The van der Waals surface area contributed by atoms with Gasteiger partial charge in [0.05, 0.1) is 0 Å².